The summed E-state index contributed by atoms with van der Waals surface area (Å²) in [7, 11) is -4.14. The summed E-state index contributed by atoms with van der Waals surface area (Å²) in [6, 6.07) is 6.91. The van der Waals surface area contributed by atoms with Crippen molar-refractivity contribution in [2.75, 3.05) is 4.72 Å². The molecule has 1 heterocycles. The molecule has 5 nitrogen and oxygen atoms in total. The molecule has 0 radical (unpaired) electrons. The van der Waals surface area contributed by atoms with Crippen molar-refractivity contribution in [1.82, 2.24) is 4.98 Å². The van der Waals surface area contributed by atoms with E-state index in [1.54, 1.807) is 6.07 Å². The monoisotopic (exact) mass is 329 g/mol. The maximum Gasteiger partial charge on any atom is 0.262 e. The average Bonchev–Trinajstić information content (AvgIpc) is 2.42. The largest absolute Gasteiger partial charge is 0.275 e. The van der Waals surface area contributed by atoms with Crippen LogP contribution in [0.1, 0.15) is 5.56 Å². The van der Waals surface area contributed by atoms with Gasteiger partial charge in [-0.25, -0.2) is 8.42 Å². The molecule has 108 valence electrons. The second-order valence-electron chi connectivity index (χ2n) is 3.83. The number of anilines is 1. The molecule has 2 aromatic rings. The van der Waals surface area contributed by atoms with Gasteiger partial charge in [0.05, 0.1) is 15.5 Å². The van der Waals surface area contributed by atoms with Crippen LogP contribution in [-0.4, -0.2) is 13.4 Å². The first-order chi connectivity index (χ1) is 9.83. The number of benzene rings is 1. The Balaban J connectivity index is 2.39. The van der Waals surface area contributed by atoms with Gasteiger partial charge in [0.25, 0.3) is 10.0 Å². The fourth-order valence-corrected chi connectivity index (χ4v) is 2.81. The van der Waals surface area contributed by atoms with Crippen LogP contribution in [-0.2, 0) is 10.0 Å². The molecule has 21 heavy (non-hydrogen) atoms. The van der Waals surface area contributed by atoms with E-state index in [0.717, 1.165) is 24.3 Å². The lowest BCUT2D eigenvalue weighted by molar-refractivity contribution is 0.515. The molecule has 1 N–H and O–H groups in total. The minimum Gasteiger partial charge on any atom is -0.275 e. The van der Waals surface area contributed by atoms with Gasteiger partial charge in [0.1, 0.15) is 11.8 Å². The first-order valence-corrected chi connectivity index (χ1v) is 7.24. The molecule has 0 fully saturated rings. The maximum atomic E-state index is 13.3. The van der Waals surface area contributed by atoms with Gasteiger partial charge in [-0.1, -0.05) is 11.6 Å². The Morgan fingerprint density at radius 2 is 1.95 bits per heavy atom. The maximum absolute atomic E-state index is 13.3. The van der Waals surface area contributed by atoms with Gasteiger partial charge in [-0.05, 0) is 30.3 Å². The number of hydrogen-bond donors (Lipinski definition) is 1. The van der Waals surface area contributed by atoms with E-state index < -0.39 is 27.6 Å². The first kappa shape index (κ1) is 15.2. The summed E-state index contributed by atoms with van der Waals surface area (Å²) >= 11 is 5.74. The fraction of sp³-hybridized carbons (Fsp3) is 0. The topological polar surface area (TPSA) is 82.8 Å². The predicted octanol–water partition coefficient (Wildman–Crippen LogP) is 2.69. The Morgan fingerprint density at radius 1 is 1.24 bits per heavy atom. The van der Waals surface area contributed by atoms with Crippen LogP contribution >= 0.6 is 11.6 Å². The highest BCUT2D eigenvalue weighted by Gasteiger charge is 2.18. The standard InChI is InChI=1S/C12H6ClF2N3O2S/c13-9-5-8(2-1-7(9)6-16)21(19,20)18-10-3-4-11(14)17-12(10)15/h1-5,18H. The van der Waals surface area contributed by atoms with E-state index in [2.05, 4.69) is 4.98 Å². The highest BCUT2D eigenvalue weighted by molar-refractivity contribution is 7.92. The molecule has 0 bridgehead atoms. The molecule has 0 amide bonds. The third-order valence-electron chi connectivity index (χ3n) is 2.43. The number of aromatic nitrogens is 1. The lowest BCUT2D eigenvalue weighted by Crippen LogP contribution is -2.14. The molecule has 0 saturated heterocycles. The number of halogens is 3. The van der Waals surface area contributed by atoms with Gasteiger partial charge >= 0.3 is 0 Å². The number of nitriles is 1. The Kier molecular flexibility index (Phi) is 4.06. The second-order valence-corrected chi connectivity index (χ2v) is 5.92. The van der Waals surface area contributed by atoms with Crippen LogP contribution in [0.2, 0.25) is 5.02 Å². The van der Waals surface area contributed by atoms with Gasteiger partial charge < -0.3 is 0 Å². The molecule has 0 aliphatic rings. The van der Waals surface area contributed by atoms with E-state index >= 15 is 0 Å². The SMILES string of the molecule is N#Cc1ccc(S(=O)(=O)Nc2ccc(F)nc2F)cc1Cl. The molecular formula is C12H6ClF2N3O2S. The number of pyridine rings is 1. The molecule has 1 aromatic carbocycles. The summed E-state index contributed by atoms with van der Waals surface area (Å²) in [5, 5.41) is 8.66. The molecule has 0 aliphatic carbocycles. The van der Waals surface area contributed by atoms with Gasteiger partial charge in [-0.15, -0.1) is 0 Å². The van der Waals surface area contributed by atoms with E-state index in [1.165, 1.54) is 6.07 Å². The van der Waals surface area contributed by atoms with E-state index in [1.807, 2.05) is 4.72 Å². The van der Waals surface area contributed by atoms with E-state index in [0.29, 0.717) is 0 Å². The zero-order valence-electron chi connectivity index (χ0n) is 10.1. The van der Waals surface area contributed by atoms with Crippen LogP contribution in [0, 0.1) is 23.2 Å². The first-order valence-electron chi connectivity index (χ1n) is 5.38. The zero-order valence-corrected chi connectivity index (χ0v) is 11.7. The number of hydrogen-bond acceptors (Lipinski definition) is 4. The molecule has 0 saturated carbocycles. The van der Waals surface area contributed by atoms with Crippen LogP contribution in [0.25, 0.3) is 0 Å². The Hall–Kier alpha value is -2.24. The fourth-order valence-electron chi connectivity index (χ4n) is 1.45. The van der Waals surface area contributed by atoms with Gasteiger partial charge in [0.15, 0.2) is 0 Å². The number of rotatable bonds is 3. The molecule has 0 unspecified atom stereocenters. The number of nitrogens with zero attached hydrogens (tertiary/aromatic N) is 2. The van der Waals surface area contributed by atoms with Crippen molar-refractivity contribution in [3.63, 3.8) is 0 Å². The van der Waals surface area contributed by atoms with Crippen molar-refractivity contribution in [2.45, 2.75) is 4.90 Å². The van der Waals surface area contributed by atoms with Crippen molar-refractivity contribution >= 4 is 27.3 Å². The van der Waals surface area contributed by atoms with Crippen molar-refractivity contribution in [3.05, 3.63) is 52.8 Å². The molecular weight excluding hydrogens is 324 g/mol. The van der Waals surface area contributed by atoms with E-state index in [-0.39, 0.29) is 15.5 Å². The Labute approximate surface area is 123 Å². The quantitative estimate of drug-likeness (QED) is 0.878. The summed E-state index contributed by atoms with van der Waals surface area (Å²) in [4.78, 5) is 2.60. The Bertz CT molecular complexity index is 850. The molecule has 0 aliphatic heterocycles. The lowest BCUT2D eigenvalue weighted by Gasteiger charge is -2.09. The van der Waals surface area contributed by atoms with E-state index in [4.69, 9.17) is 16.9 Å². The van der Waals surface area contributed by atoms with Crippen molar-refractivity contribution < 1.29 is 17.2 Å². The van der Waals surface area contributed by atoms with Gasteiger partial charge in [-0.3, -0.25) is 4.72 Å². The average molecular weight is 330 g/mol. The highest BCUT2D eigenvalue weighted by atomic mass is 35.5. The van der Waals surface area contributed by atoms with Crippen LogP contribution < -0.4 is 4.72 Å². The predicted molar refractivity (Wildman–Crippen MR) is 71.1 cm³/mol. The zero-order chi connectivity index (χ0) is 15.6. The molecule has 1 aromatic heterocycles. The van der Waals surface area contributed by atoms with Crippen molar-refractivity contribution in [2.24, 2.45) is 0 Å². The van der Waals surface area contributed by atoms with Crippen LogP contribution in [0.4, 0.5) is 14.5 Å². The molecule has 2 rings (SSSR count). The van der Waals surface area contributed by atoms with Gasteiger partial charge in [0, 0.05) is 0 Å². The summed E-state index contributed by atoms with van der Waals surface area (Å²) in [5.41, 5.74) is -0.401. The van der Waals surface area contributed by atoms with Gasteiger partial charge in [-0.2, -0.15) is 19.0 Å². The lowest BCUT2D eigenvalue weighted by atomic mass is 10.2. The second kappa shape index (κ2) is 5.63. The number of nitrogens with one attached hydrogen (secondary N) is 1. The van der Waals surface area contributed by atoms with Crippen molar-refractivity contribution in [3.8, 4) is 6.07 Å². The summed E-state index contributed by atoms with van der Waals surface area (Å²) in [6.45, 7) is 0. The van der Waals surface area contributed by atoms with Gasteiger partial charge in [0.2, 0.25) is 11.9 Å². The molecule has 0 atom stereocenters. The third kappa shape index (κ3) is 3.26. The third-order valence-corrected chi connectivity index (χ3v) is 4.11. The van der Waals surface area contributed by atoms with Crippen molar-refractivity contribution in [1.29, 1.82) is 5.26 Å². The van der Waals surface area contributed by atoms with E-state index in [9.17, 15) is 17.2 Å². The molecule has 9 heteroatoms. The summed E-state index contributed by atoms with van der Waals surface area (Å²) in [6.07, 6.45) is 0. The smallest absolute Gasteiger partial charge is 0.262 e. The summed E-state index contributed by atoms with van der Waals surface area (Å²) < 4.78 is 52.0. The highest BCUT2D eigenvalue weighted by Crippen LogP contribution is 2.23. The normalized spacial score (nSPS) is 11.0. The summed E-state index contributed by atoms with van der Waals surface area (Å²) in [5.74, 6) is -2.37. The van der Waals surface area contributed by atoms with Crippen LogP contribution in [0.5, 0.6) is 0 Å². The molecule has 0 spiro atoms. The van der Waals surface area contributed by atoms with Crippen LogP contribution in [0.15, 0.2) is 35.2 Å². The minimum atomic E-state index is -4.14. The number of sulfonamides is 1. The minimum absolute atomic E-state index is 0.0573. The van der Waals surface area contributed by atoms with Crippen LogP contribution in [0.3, 0.4) is 0 Å². The Morgan fingerprint density at radius 3 is 2.52 bits per heavy atom.